The Morgan fingerprint density at radius 1 is 1.27 bits per heavy atom. The zero-order chi connectivity index (χ0) is 12.5. The summed E-state index contributed by atoms with van der Waals surface area (Å²) in [5.74, 6) is -0.312. The molecule has 15 heavy (non-hydrogen) atoms. The first kappa shape index (κ1) is 17.2. The van der Waals surface area contributed by atoms with Gasteiger partial charge in [0.25, 0.3) is 0 Å². The maximum Gasteiger partial charge on any atom is 0.0943 e. The fraction of sp³-hybridized carbons (Fsp3) is 1.00. The monoisotopic (exact) mass is 240 g/mol. The van der Waals surface area contributed by atoms with Crippen LogP contribution in [0.4, 0.5) is 0 Å². The third-order valence-corrected chi connectivity index (χ3v) is 2.88. The molecule has 0 spiro atoms. The van der Waals surface area contributed by atoms with Crippen LogP contribution in [0.15, 0.2) is 0 Å². The van der Waals surface area contributed by atoms with Crippen molar-refractivity contribution in [2.24, 2.45) is 5.73 Å². The van der Waals surface area contributed by atoms with E-state index in [4.69, 9.17) is 5.73 Å². The molecule has 0 aromatic heterocycles. The second-order valence-corrected chi connectivity index (χ2v) is 5.66. The lowest BCUT2D eigenvalue weighted by atomic mass is 10.3. The summed E-state index contributed by atoms with van der Waals surface area (Å²) in [7, 11) is 0.552. The van der Waals surface area contributed by atoms with Gasteiger partial charge < -0.3 is 14.8 Å². The van der Waals surface area contributed by atoms with Crippen LogP contribution in [-0.4, -0.2) is 56.9 Å². The van der Waals surface area contributed by atoms with Crippen LogP contribution in [0.2, 0.25) is 0 Å². The van der Waals surface area contributed by atoms with Crippen LogP contribution in [0.25, 0.3) is 0 Å². The summed E-state index contributed by atoms with van der Waals surface area (Å²) in [6.45, 7) is 6.73. The number of nitrogens with two attached hydrogens (primary N) is 1. The van der Waals surface area contributed by atoms with Crippen molar-refractivity contribution < 1.29 is 17.5 Å². The average Bonchev–Trinajstić information content (AvgIpc) is 2.15. The van der Waals surface area contributed by atoms with E-state index in [0.717, 1.165) is 17.4 Å². The fourth-order valence-corrected chi connectivity index (χ4v) is 0.677. The van der Waals surface area contributed by atoms with Gasteiger partial charge in [-0.2, -0.15) is 0 Å². The minimum Gasteiger partial charge on any atom is -0.748 e. The van der Waals surface area contributed by atoms with Crippen molar-refractivity contribution in [2.75, 3.05) is 39.5 Å². The quantitative estimate of drug-likeness (QED) is 0.541. The van der Waals surface area contributed by atoms with Crippen LogP contribution in [0, 0.1) is 0 Å². The Bertz CT molecular complexity index is 238. The van der Waals surface area contributed by atoms with E-state index in [9.17, 15) is 13.0 Å². The molecular weight excluding hydrogens is 216 g/mol. The number of quaternary nitrogens is 1. The molecule has 94 valence electrons. The molecule has 0 fully saturated rings. The maximum absolute atomic E-state index is 9.44. The molecule has 0 atom stereocenters. The minimum absolute atomic E-state index is 0.312. The number of hydrogen-bond donors (Lipinski definition) is 1. The van der Waals surface area contributed by atoms with Gasteiger partial charge in [-0.3, -0.25) is 0 Å². The largest absolute Gasteiger partial charge is 0.748 e. The maximum atomic E-state index is 9.44. The Balaban J connectivity index is 0. The van der Waals surface area contributed by atoms with Gasteiger partial charge >= 0.3 is 0 Å². The molecule has 0 aliphatic carbocycles. The van der Waals surface area contributed by atoms with Crippen molar-refractivity contribution >= 4 is 10.1 Å². The highest BCUT2D eigenvalue weighted by Gasteiger charge is 2.08. The van der Waals surface area contributed by atoms with Crippen molar-refractivity contribution in [1.82, 2.24) is 0 Å². The van der Waals surface area contributed by atoms with Crippen LogP contribution >= 0.6 is 0 Å². The number of hydrogen-bond acceptors (Lipinski definition) is 4. The van der Waals surface area contributed by atoms with Crippen molar-refractivity contribution in [3.05, 3.63) is 0 Å². The Morgan fingerprint density at radius 2 is 1.67 bits per heavy atom. The first-order valence-electron chi connectivity index (χ1n) is 5.14. The predicted octanol–water partition coefficient (Wildman–Crippen LogP) is -0.0170. The Kier molecular flexibility index (Phi) is 9.23. The smallest absolute Gasteiger partial charge is 0.0943 e. The van der Waals surface area contributed by atoms with E-state index < -0.39 is 10.1 Å². The molecule has 0 heterocycles. The molecule has 6 heteroatoms. The zero-order valence-corrected chi connectivity index (χ0v) is 11.0. The average molecular weight is 240 g/mol. The highest BCUT2D eigenvalue weighted by Crippen LogP contribution is 1.95. The summed E-state index contributed by atoms with van der Waals surface area (Å²) >= 11 is 0. The SMILES string of the molecule is CCS(=O)(=O)[O-].CC[N+](C)(C)CCCN. The van der Waals surface area contributed by atoms with Gasteiger partial charge in [-0.1, -0.05) is 6.92 Å². The van der Waals surface area contributed by atoms with Crippen molar-refractivity contribution in [2.45, 2.75) is 20.3 Å². The topological polar surface area (TPSA) is 83.2 Å². The Morgan fingerprint density at radius 3 is 1.87 bits per heavy atom. The summed E-state index contributed by atoms with van der Waals surface area (Å²) < 4.78 is 29.4. The van der Waals surface area contributed by atoms with Gasteiger partial charge in [0.05, 0.1) is 37.3 Å². The predicted molar refractivity (Wildman–Crippen MR) is 61.4 cm³/mol. The van der Waals surface area contributed by atoms with E-state index in [1.807, 2.05) is 0 Å². The van der Waals surface area contributed by atoms with E-state index in [-0.39, 0.29) is 5.75 Å². The van der Waals surface area contributed by atoms with Crippen molar-refractivity contribution in [1.29, 1.82) is 0 Å². The third-order valence-electron chi connectivity index (χ3n) is 2.18. The van der Waals surface area contributed by atoms with Crippen LogP contribution in [-0.2, 0) is 10.1 Å². The molecule has 0 bridgehead atoms. The van der Waals surface area contributed by atoms with Crippen molar-refractivity contribution in [3.63, 3.8) is 0 Å². The molecule has 0 rings (SSSR count). The molecule has 0 unspecified atom stereocenters. The van der Waals surface area contributed by atoms with E-state index in [1.165, 1.54) is 20.0 Å². The molecule has 5 nitrogen and oxygen atoms in total. The van der Waals surface area contributed by atoms with Gasteiger partial charge in [0.2, 0.25) is 0 Å². The zero-order valence-electron chi connectivity index (χ0n) is 10.2. The van der Waals surface area contributed by atoms with Gasteiger partial charge in [-0.15, -0.1) is 0 Å². The second-order valence-electron chi connectivity index (χ2n) is 3.96. The van der Waals surface area contributed by atoms with Crippen LogP contribution in [0.1, 0.15) is 20.3 Å². The van der Waals surface area contributed by atoms with Gasteiger partial charge in [-0.05, 0) is 13.5 Å². The molecule has 0 saturated carbocycles. The van der Waals surface area contributed by atoms with E-state index >= 15 is 0 Å². The minimum atomic E-state index is -3.91. The van der Waals surface area contributed by atoms with Crippen LogP contribution in [0.5, 0.6) is 0 Å². The lowest BCUT2D eigenvalue weighted by molar-refractivity contribution is -0.888. The molecule has 0 amide bonds. The summed E-state index contributed by atoms with van der Waals surface area (Å²) in [5.41, 5.74) is 5.38. The molecule has 0 radical (unpaired) electrons. The summed E-state index contributed by atoms with van der Waals surface area (Å²) in [5, 5.41) is 0. The number of rotatable bonds is 5. The van der Waals surface area contributed by atoms with Gasteiger partial charge in [0, 0.05) is 12.2 Å². The molecule has 0 saturated heterocycles. The molecule has 0 aromatic carbocycles. The van der Waals surface area contributed by atoms with E-state index in [0.29, 0.717) is 0 Å². The second kappa shape index (κ2) is 8.04. The number of nitrogens with zero attached hydrogens (tertiary/aromatic N) is 1. The normalized spacial score (nSPS) is 11.9. The molecule has 0 aliphatic rings. The standard InChI is InChI=1S/C7H19N2.C2H6O3S/c1-4-9(2,3)7-5-6-8;1-2-6(3,4)5/h4-8H2,1-3H3;2H2,1H3,(H,3,4,5)/q+1;/p-1. The van der Waals surface area contributed by atoms with Gasteiger partial charge in [0.1, 0.15) is 0 Å². The first-order valence-corrected chi connectivity index (χ1v) is 6.72. The van der Waals surface area contributed by atoms with Gasteiger partial charge in [0.15, 0.2) is 0 Å². The highest BCUT2D eigenvalue weighted by molar-refractivity contribution is 7.85. The summed E-state index contributed by atoms with van der Waals surface area (Å²) in [6.07, 6.45) is 1.14. The lowest BCUT2D eigenvalue weighted by Crippen LogP contribution is -2.40. The van der Waals surface area contributed by atoms with E-state index in [2.05, 4.69) is 21.0 Å². The lowest BCUT2D eigenvalue weighted by Gasteiger charge is -2.27. The summed E-state index contributed by atoms with van der Waals surface area (Å²) in [6, 6.07) is 0. The van der Waals surface area contributed by atoms with Crippen LogP contribution < -0.4 is 5.73 Å². The fourth-order valence-electron chi connectivity index (χ4n) is 0.677. The van der Waals surface area contributed by atoms with Crippen molar-refractivity contribution in [3.8, 4) is 0 Å². The molecule has 0 aromatic rings. The van der Waals surface area contributed by atoms with Gasteiger partial charge in [-0.25, -0.2) is 8.42 Å². The molecule has 0 aliphatic heterocycles. The molecule has 2 N–H and O–H groups in total. The van der Waals surface area contributed by atoms with Crippen LogP contribution in [0.3, 0.4) is 0 Å². The highest BCUT2D eigenvalue weighted by atomic mass is 32.2. The Labute approximate surface area is 93.6 Å². The van der Waals surface area contributed by atoms with E-state index in [1.54, 1.807) is 0 Å². The summed E-state index contributed by atoms with van der Waals surface area (Å²) in [4.78, 5) is 0. The third kappa shape index (κ3) is 16.5. The molecular formula is C9H24N2O3S. The first-order chi connectivity index (χ1) is 6.68. The Hall–Kier alpha value is -0.170.